The SMILES string of the molecule is Cc1nn(C)c2ncc(NC(=O)COc3ccc(C(F)(F)F)cc3)cc12. The average molecular weight is 364 g/mol. The molecule has 3 rings (SSSR count). The van der Waals surface area contributed by atoms with Crippen molar-refractivity contribution in [3.05, 3.63) is 47.8 Å². The van der Waals surface area contributed by atoms with Crippen molar-refractivity contribution in [3.63, 3.8) is 0 Å². The van der Waals surface area contributed by atoms with E-state index in [1.165, 1.54) is 18.3 Å². The van der Waals surface area contributed by atoms with Crippen LogP contribution in [0.15, 0.2) is 36.5 Å². The zero-order valence-electron chi connectivity index (χ0n) is 14.0. The van der Waals surface area contributed by atoms with Gasteiger partial charge in [0.05, 0.1) is 23.1 Å². The number of hydrogen-bond donors (Lipinski definition) is 1. The number of aryl methyl sites for hydroxylation is 2. The highest BCUT2D eigenvalue weighted by molar-refractivity contribution is 5.94. The molecule has 0 radical (unpaired) electrons. The number of alkyl halides is 3. The first-order valence-corrected chi connectivity index (χ1v) is 7.63. The number of carbonyl (C=O) groups excluding carboxylic acids is 1. The molecule has 0 saturated carbocycles. The predicted octanol–water partition coefficient (Wildman–Crippen LogP) is 3.31. The maximum atomic E-state index is 12.5. The van der Waals surface area contributed by atoms with Gasteiger partial charge in [0.1, 0.15) is 5.75 Å². The monoisotopic (exact) mass is 364 g/mol. The van der Waals surface area contributed by atoms with Gasteiger partial charge < -0.3 is 10.1 Å². The Labute approximate surface area is 146 Å². The predicted molar refractivity (Wildman–Crippen MR) is 88.8 cm³/mol. The molecule has 0 aliphatic heterocycles. The van der Waals surface area contributed by atoms with E-state index < -0.39 is 17.6 Å². The van der Waals surface area contributed by atoms with Crippen molar-refractivity contribution in [2.45, 2.75) is 13.1 Å². The molecule has 0 atom stereocenters. The minimum Gasteiger partial charge on any atom is -0.484 e. The van der Waals surface area contributed by atoms with Gasteiger partial charge in [0.25, 0.3) is 5.91 Å². The van der Waals surface area contributed by atoms with Gasteiger partial charge >= 0.3 is 6.18 Å². The lowest BCUT2D eigenvalue weighted by Crippen LogP contribution is -2.20. The number of fused-ring (bicyclic) bond motifs is 1. The zero-order chi connectivity index (χ0) is 18.9. The van der Waals surface area contributed by atoms with Crippen LogP contribution in [0, 0.1) is 6.92 Å². The number of nitrogens with zero attached hydrogens (tertiary/aromatic N) is 3. The van der Waals surface area contributed by atoms with Gasteiger partial charge in [0.2, 0.25) is 0 Å². The maximum Gasteiger partial charge on any atom is 0.416 e. The molecule has 0 bridgehead atoms. The molecule has 2 aromatic heterocycles. The molecule has 0 aliphatic rings. The minimum atomic E-state index is -4.41. The highest BCUT2D eigenvalue weighted by atomic mass is 19.4. The van der Waals surface area contributed by atoms with Gasteiger partial charge in [-0.2, -0.15) is 18.3 Å². The normalized spacial score (nSPS) is 11.6. The molecule has 26 heavy (non-hydrogen) atoms. The van der Waals surface area contributed by atoms with Crippen LogP contribution in [0.5, 0.6) is 5.75 Å². The van der Waals surface area contributed by atoms with Crippen LogP contribution in [0.25, 0.3) is 11.0 Å². The summed E-state index contributed by atoms with van der Waals surface area (Å²) in [7, 11) is 1.78. The lowest BCUT2D eigenvalue weighted by atomic mass is 10.2. The van der Waals surface area contributed by atoms with Crippen molar-refractivity contribution in [2.75, 3.05) is 11.9 Å². The van der Waals surface area contributed by atoms with Crippen molar-refractivity contribution in [1.29, 1.82) is 0 Å². The average Bonchev–Trinajstić information content (AvgIpc) is 2.86. The summed E-state index contributed by atoms with van der Waals surface area (Å²) in [6.07, 6.45) is -2.91. The van der Waals surface area contributed by atoms with Crippen molar-refractivity contribution in [3.8, 4) is 5.75 Å². The standard InChI is InChI=1S/C17H15F3N4O2/c1-10-14-7-12(8-21-16(14)24(2)23-10)22-15(25)9-26-13-5-3-11(4-6-13)17(18,19)20/h3-8H,9H2,1-2H3,(H,22,25). The van der Waals surface area contributed by atoms with E-state index in [0.717, 1.165) is 23.2 Å². The van der Waals surface area contributed by atoms with Crippen molar-refractivity contribution in [1.82, 2.24) is 14.8 Å². The topological polar surface area (TPSA) is 69.0 Å². The largest absolute Gasteiger partial charge is 0.484 e. The molecule has 0 fully saturated rings. The number of anilines is 1. The van der Waals surface area contributed by atoms with Gasteiger partial charge in [0, 0.05) is 12.4 Å². The molecule has 1 amide bonds. The van der Waals surface area contributed by atoms with Crippen LogP contribution in [-0.4, -0.2) is 27.3 Å². The molecular formula is C17H15F3N4O2. The summed E-state index contributed by atoms with van der Waals surface area (Å²) < 4.78 is 44.3. The Morgan fingerprint density at radius 3 is 2.62 bits per heavy atom. The number of aromatic nitrogens is 3. The molecule has 9 heteroatoms. The van der Waals surface area contributed by atoms with Crippen molar-refractivity contribution < 1.29 is 22.7 Å². The third kappa shape index (κ3) is 3.76. The van der Waals surface area contributed by atoms with E-state index in [4.69, 9.17) is 4.74 Å². The second kappa shape index (κ2) is 6.66. The zero-order valence-corrected chi connectivity index (χ0v) is 14.0. The van der Waals surface area contributed by atoms with E-state index in [1.807, 2.05) is 6.92 Å². The van der Waals surface area contributed by atoms with E-state index in [9.17, 15) is 18.0 Å². The number of ether oxygens (including phenoxy) is 1. The van der Waals surface area contributed by atoms with E-state index in [2.05, 4.69) is 15.4 Å². The van der Waals surface area contributed by atoms with Crippen molar-refractivity contribution >= 4 is 22.6 Å². The summed E-state index contributed by atoms with van der Waals surface area (Å²) in [6.45, 7) is 1.50. The van der Waals surface area contributed by atoms with Gasteiger partial charge in [-0.05, 0) is 37.3 Å². The molecule has 0 saturated heterocycles. The van der Waals surface area contributed by atoms with Gasteiger partial charge in [-0.1, -0.05) is 0 Å². The second-order valence-corrected chi connectivity index (χ2v) is 5.66. The molecule has 1 N–H and O–H groups in total. The number of pyridine rings is 1. The molecule has 1 aromatic carbocycles. The van der Waals surface area contributed by atoms with Gasteiger partial charge in [-0.25, -0.2) is 4.98 Å². The Bertz CT molecular complexity index is 949. The lowest BCUT2D eigenvalue weighted by Gasteiger charge is -2.09. The summed E-state index contributed by atoms with van der Waals surface area (Å²) in [5.41, 5.74) is 1.18. The molecular weight excluding hydrogens is 349 g/mol. The summed E-state index contributed by atoms with van der Waals surface area (Å²) in [4.78, 5) is 16.2. The number of amides is 1. The van der Waals surface area contributed by atoms with Crippen LogP contribution in [0.1, 0.15) is 11.3 Å². The summed E-state index contributed by atoms with van der Waals surface area (Å²) >= 11 is 0. The first kappa shape index (κ1) is 17.7. The van der Waals surface area contributed by atoms with E-state index in [1.54, 1.807) is 17.8 Å². The van der Waals surface area contributed by atoms with Crippen LogP contribution < -0.4 is 10.1 Å². The maximum absolute atomic E-state index is 12.5. The Balaban J connectivity index is 1.61. The van der Waals surface area contributed by atoms with Gasteiger partial charge in [0.15, 0.2) is 12.3 Å². The molecule has 3 aromatic rings. The molecule has 2 heterocycles. The molecule has 136 valence electrons. The number of nitrogens with one attached hydrogen (secondary N) is 1. The number of halogens is 3. The number of hydrogen-bond acceptors (Lipinski definition) is 4. The van der Waals surface area contributed by atoms with Crippen LogP contribution in [0.2, 0.25) is 0 Å². The van der Waals surface area contributed by atoms with E-state index in [0.29, 0.717) is 11.3 Å². The molecule has 0 spiro atoms. The molecule has 0 aliphatic carbocycles. The van der Waals surface area contributed by atoms with Crippen LogP contribution >= 0.6 is 0 Å². The fourth-order valence-electron chi connectivity index (χ4n) is 2.46. The van der Waals surface area contributed by atoms with E-state index >= 15 is 0 Å². The first-order valence-electron chi connectivity index (χ1n) is 7.63. The van der Waals surface area contributed by atoms with Crippen LogP contribution in [0.4, 0.5) is 18.9 Å². The third-order valence-electron chi connectivity index (χ3n) is 3.70. The fourth-order valence-corrected chi connectivity index (χ4v) is 2.46. The Morgan fingerprint density at radius 2 is 1.96 bits per heavy atom. The van der Waals surface area contributed by atoms with E-state index in [-0.39, 0.29) is 12.4 Å². The lowest BCUT2D eigenvalue weighted by molar-refractivity contribution is -0.137. The van der Waals surface area contributed by atoms with Crippen molar-refractivity contribution in [2.24, 2.45) is 7.05 Å². The summed E-state index contributed by atoms with van der Waals surface area (Å²) in [5.74, 6) is -0.280. The second-order valence-electron chi connectivity index (χ2n) is 5.66. The van der Waals surface area contributed by atoms with Crippen LogP contribution in [-0.2, 0) is 18.0 Å². The highest BCUT2D eigenvalue weighted by Crippen LogP contribution is 2.30. The van der Waals surface area contributed by atoms with Gasteiger partial charge in [-0.3, -0.25) is 9.48 Å². The number of carbonyl (C=O) groups is 1. The van der Waals surface area contributed by atoms with Gasteiger partial charge in [-0.15, -0.1) is 0 Å². The number of rotatable bonds is 4. The first-order chi connectivity index (χ1) is 12.2. The molecule has 6 nitrogen and oxygen atoms in total. The third-order valence-corrected chi connectivity index (χ3v) is 3.70. The number of benzene rings is 1. The quantitative estimate of drug-likeness (QED) is 0.771. The minimum absolute atomic E-state index is 0.171. The summed E-state index contributed by atoms with van der Waals surface area (Å²) in [5, 5.41) is 7.69. The Kier molecular flexibility index (Phi) is 4.54. The fraction of sp³-hybridized carbons (Fsp3) is 0.235. The molecule has 0 unspecified atom stereocenters. The smallest absolute Gasteiger partial charge is 0.416 e. The highest BCUT2D eigenvalue weighted by Gasteiger charge is 2.30. The Morgan fingerprint density at radius 1 is 1.27 bits per heavy atom. The summed E-state index contributed by atoms with van der Waals surface area (Å²) in [6, 6.07) is 5.89. The van der Waals surface area contributed by atoms with Crippen LogP contribution in [0.3, 0.4) is 0 Å². The Hall–Kier alpha value is -3.10.